The molecule has 3 heteroatoms. The first-order valence-corrected chi connectivity index (χ1v) is 6.13. The summed E-state index contributed by atoms with van der Waals surface area (Å²) in [6.07, 6.45) is 2.61. The lowest BCUT2D eigenvalue weighted by molar-refractivity contribution is 0.00354. The lowest BCUT2D eigenvalue weighted by atomic mass is 10.2. The van der Waals surface area contributed by atoms with Crippen molar-refractivity contribution in [1.82, 2.24) is 5.32 Å². The van der Waals surface area contributed by atoms with Crippen LogP contribution in [0, 0.1) is 0 Å². The number of nitrogens with one attached hydrogen (secondary N) is 1. The van der Waals surface area contributed by atoms with E-state index in [-0.39, 0.29) is 0 Å². The summed E-state index contributed by atoms with van der Waals surface area (Å²) >= 11 is 0. The molecule has 0 fully saturated rings. The van der Waals surface area contributed by atoms with Gasteiger partial charge in [0.25, 0.3) is 0 Å². The average molecular weight is 217 g/mol. The van der Waals surface area contributed by atoms with E-state index in [1.165, 1.54) is 6.42 Å². The van der Waals surface area contributed by atoms with Gasteiger partial charge in [-0.25, -0.2) is 0 Å². The Bertz CT molecular complexity index is 129. The number of hydrogen-bond donors (Lipinski definition) is 1. The van der Waals surface area contributed by atoms with Crippen molar-refractivity contribution in [2.24, 2.45) is 0 Å². The zero-order valence-corrected chi connectivity index (χ0v) is 10.7. The Morgan fingerprint density at radius 2 is 1.87 bits per heavy atom. The molecule has 0 saturated carbocycles. The van der Waals surface area contributed by atoms with Gasteiger partial charge in [-0.05, 0) is 13.3 Å². The largest absolute Gasteiger partial charge is 0.379 e. The molecule has 0 aromatic rings. The predicted octanol–water partition coefficient (Wildman–Crippen LogP) is 2.21. The normalized spacial score (nSPS) is 13.4. The summed E-state index contributed by atoms with van der Waals surface area (Å²) in [6, 6.07) is 0.528. The van der Waals surface area contributed by atoms with Crippen molar-refractivity contribution in [2.45, 2.75) is 52.7 Å². The molecule has 0 aliphatic carbocycles. The van der Waals surface area contributed by atoms with Gasteiger partial charge in [-0.15, -0.1) is 0 Å². The van der Waals surface area contributed by atoms with Gasteiger partial charge in [0.2, 0.25) is 0 Å². The van der Waals surface area contributed by atoms with Gasteiger partial charge < -0.3 is 14.8 Å². The fourth-order valence-corrected chi connectivity index (χ4v) is 1.35. The lowest BCUT2D eigenvalue weighted by Crippen LogP contribution is -2.34. The maximum atomic E-state index is 5.75. The maximum absolute atomic E-state index is 5.75. The summed E-state index contributed by atoms with van der Waals surface area (Å²) in [5.41, 5.74) is 0. The summed E-state index contributed by atoms with van der Waals surface area (Å²) in [5.74, 6) is 0. The summed E-state index contributed by atoms with van der Waals surface area (Å²) in [4.78, 5) is 0. The molecular formula is C12H27NO2. The molecule has 1 atom stereocenters. The molecule has 0 heterocycles. The van der Waals surface area contributed by atoms with Gasteiger partial charge in [-0.1, -0.05) is 27.2 Å². The maximum Gasteiger partial charge on any atom is 0.0704 e. The quantitative estimate of drug-likeness (QED) is 0.569. The third-order valence-corrected chi connectivity index (χ3v) is 2.15. The molecule has 3 nitrogen and oxygen atoms in total. The van der Waals surface area contributed by atoms with Gasteiger partial charge in [0.1, 0.15) is 0 Å². The summed E-state index contributed by atoms with van der Waals surface area (Å²) in [7, 11) is 0. The minimum atomic E-state index is 0.331. The second kappa shape index (κ2) is 10.4. The van der Waals surface area contributed by atoms with Crippen LogP contribution in [0.4, 0.5) is 0 Å². The van der Waals surface area contributed by atoms with Crippen molar-refractivity contribution in [3.05, 3.63) is 0 Å². The van der Waals surface area contributed by atoms with Crippen molar-refractivity contribution in [3.63, 3.8) is 0 Å². The van der Waals surface area contributed by atoms with Crippen LogP contribution in [0.3, 0.4) is 0 Å². The average Bonchev–Trinajstić information content (AvgIpc) is 2.20. The van der Waals surface area contributed by atoms with Crippen molar-refractivity contribution >= 4 is 0 Å². The monoisotopic (exact) mass is 217 g/mol. The zero-order valence-electron chi connectivity index (χ0n) is 10.7. The van der Waals surface area contributed by atoms with Gasteiger partial charge in [0.15, 0.2) is 0 Å². The van der Waals surface area contributed by atoms with E-state index < -0.39 is 0 Å². The van der Waals surface area contributed by atoms with E-state index in [0.29, 0.717) is 25.4 Å². The second-order valence-corrected chi connectivity index (χ2v) is 4.04. The topological polar surface area (TPSA) is 30.5 Å². The van der Waals surface area contributed by atoms with Crippen molar-refractivity contribution < 1.29 is 9.47 Å². The number of hydrogen-bond acceptors (Lipinski definition) is 3. The van der Waals surface area contributed by atoms with Crippen LogP contribution in [0.15, 0.2) is 0 Å². The molecule has 92 valence electrons. The summed E-state index contributed by atoms with van der Waals surface area (Å²) in [6.45, 7) is 11.6. The molecule has 1 unspecified atom stereocenters. The van der Waals surface area contributed by atoms with Crippen molar-refractivity contribution in [3.8, 4) is 0 Å². The van der Waals surface area contributed by atoms with Crippen LogP contribution in [0.5, 0.6) is 0 Å². The minimum absolute atomic E-state index is 0.331. The van der Waals surface area contributed by atoms with E-state index in [4.69, 9.17) is 9.47 Å². The van der Waals surface area contributed by atoms with Crippen LogP contribution in [0.25, 0.3) is 0 Å². The van der Waals surface area contributed by atoms with Crippen molar-refractivity contribution in [2.75, 3.05) is 26.4 Å². The predicted molar refractivity (Wildman–Crippen MR) is 64.3 cm³/mol. The molecule has 0 aliphatic heterocycles. The van der Waals surface area contributed by atoms with Gasteiger partial charge in [-0.3, -0.25) is 0 Å². The molecule has 0 amide bonds. The molecule has 0 rings (SSSR count). The Morgan fingerprint density at radius 3 is 2.40 bits per heavy atom. The van der Waals surface area contributed by atoms with E-state index in [1.54, 1.807) is 0 Å². The van der Waals surface area contributed by atoms with Crippen LogP contribution >= 0.6 is 0 Å². The highest BCUT2D eigenvalue weighted by Crippen LogP contribution is 2.01. The van der Waals surface area contributed by atoms with Crippen LogP contribution in [-0.4, -0.2) is 38.5 Å². The molecule has 1 N–H and O–H groups in total. The molecule has 0 aromatic carbocycles. The fourth-order valence-electron chi connectivity index (χ4n) is 1.35. The van der Waals surface area contributed by atoms with Gasteiger partial charge >= 0.3 is 0 Å². The van der Waals surface area contributed by atoms with Gasteiger partial charge in [0.05, 0.1) is 19.3 Å². The minimum Gasteiger partial charge on any atom is -0.379 e. The third kappa shape index (κ3) is 10.2. The fraction of sp³-hybridized carbons (Fsp3) is 1.00. The Hall–Kier alpha value is -0.120. The first kappa shape index (κ1) is 14.9. The Kier molecular flexibility index (Phi) is 10.3. The Labute approximate surface area is 94.5 Å². The third-order valence-electron chi connectivity index (χ3n) is 2.15. The Balaban J connectivity index is 3.53. The smallest absolute Gasteiger partial charge is 0.0704 e. The first-order chi connectivity index (χ1) is 7.20. The molecule has 0 spiro atoms. The van der Waals surface area contributed by atoms with Gasteiger partial charge in [0, 0.05) is 19.2 Å². The lowest BCUT2D eigenvalue weighted by Gasteiger charge is -2.19. The molecule has 0 saturated heterocycles. The van der Waals surface area contributed by atoms with Crippen LogP contribution in [0.1, 0.15) is 40.5 Å². The first-order valence-electron chi connectivity index (χ1n) is 6.13. The SMILES string of the molecule is CCCC(CNC(C)C)OCCOCC. The molecular weight excluding hydrogens is 190 g/mol. The van der Waals surface area contributed by atoms with E-state index in [9.17, 15) is 0 Å². The van der Waals surface area contributed by atoms with Crippen LogP contribution < -0.4 is 5.32 Å². The van der Waals surface area contributed by atoms with E-state index in [1.807, 2.05) is 6.92 Å². The van der Waals surface area contributed by atoms with Gasteiger partial charge in [-0.2, -0.15) is 0 Å². The molecule has 0 radical (unpaired) electrons. The van der Waals surface area contributed by atoms with Crippen molar-refractivity contribution in [1.29, 1.82) is 0 Å². The molecule has 0 aliphatic rings. The highest BCUT2D eigenvalue weighted by Gasteiger charge is 2.08. The van der Waals surface area contributed by atoms with Crippen LogP contribution in [0.2, 0.25) is 0 Å². The summed E-state index contributed by atoms with van der Waals surface area (Å²) in [5, 5.41) is 3.41. The number of rotatable bonds is 10. The van der Waals surface area contributed by atoms with E-state index in [0.717, 1.165) is 19.6 Å². The highest BCUT2D eigenvalue weighted by atomic mass is 16.5. The summed E-state index contributed by atoms with van der Waals surface area (Å²) < 4.78 is 11.0. The van der Waals surface area contributed by atoms with Crippen LogP contribution in [-0.2, 0) is 9.47 Å². The number of ether oxygens (including phenoxy) is 2. The standard InChI is InChI=1S/C12H27NO2/c1-5-7-12(10-13-11(3)4)15-9-8-14-6-2/h11-13H,5-10H2,1-4H3. The molecule has 0 aromatic heterocycles. The second-order valence-electron chi connectivity index (χ2n) is 4.04. The Morgan fingerprint density at radius 1 is 1.13 bits per heavy atom. The zero-order chi connectivity index (χ0) is 11.5. The van der Waals surface area contributed by atoms with E-state index >= 15 is 0 Å². The highest BCUT2D eigenvalue weighted by molar-refractivity contribution is 4.63. The van der Waals surface area contributed by atoms with E-state index in [2.05, 4.69) is 26.1 Å². The molecule has 0 bridgehead atoms. The molecule has 15 heavy (non-hydrogen) atoms.